The maximum atomic E-state index is 10.7. The average molecular weight is 237 g/mol. The van der Waals surface area contributed by atoms with E-state index in [4.69, 9.17) is 10.8 Å². The molecule has 0 saturated heterocycles. The quantitative estimate of drug-likeness (QED) is 0.723. The minimum absolute atomic E-state index is 0.0101. The van der Waals surface area contributed by atoms with Gasteiger partial charge in [-0.2, -0.15) is 0 Å². The molecule has 94 valence electrons. The summed E-state index contributed by atoms with van der Waals surface area (Å²) in [5.74, 6) is -0.922. The molecule has 0 aliphatic rings. The lowest BCUT2D eigenvalue weighted by molar-refractivity contribution is -0.137. The summed E-state index contributed by atoms with van der Waals surface area (Å²) in [7, 11) is 0. The van der Waals surface area contributed by atoms with Crippen LogP contribution in [-0.2, 0) is 10.2 Å². The summed E-state index contributed by atoms with van der Waals surface area (Å²) in [6, 6.07) is 6.85. The summed E-state index contributed by atoms with van der Waals surface area (Å²) in [5, 5.41) is 18.1. The Hall–Kier alpha value is -1.39. The number of rotatable bonds is 5. The first kappa shape index (κ1) is 13.7. The molecule has 1 atom stereocenters. The lowest BCUT2D eigenvalue weighted by Crippen LogP contribution is -2.27. The van der Waals surface area contributed by atoms with Gasteiger partial charge in [-0.1, -0.05) is 38.1 Å². The smallest absolute Gasteiger partial charge is 0.305 e. The number of hydrogen-bond acceptors (Lipinski definition) is 3. The van der Waals surface area contributed by atoms with E-state index in [1.54, 1.807) is 0 Å². The Labute approximate surface area is 101 Å². The second-order valence-corrected chi connectivity index (χ2v) is 4.83. The molecule has 1 aromatic carbocycles. The fraction of sp³-hybridized carbons (Fsp3) is 0.462. The van der Waals surface area contributed by atoms with Crippen molar-refractivity contribution in [2.24, 2.45) is 5.73 Å². The van der Waals surface area contributed by atoms with Crippen LogP contribution in [0.15, 0.2) is 24.3 Å². The lowest BCUT2D eigenvalue weighted by atomic mass is 9.80. The normalized spacial score (nSPS) is 13.4. The van der Waals surface area contributed by atoms with Crippen LogP contribution in [0.3, 0.4) is 0 Å². The number of aliphatic hydroxyl groups excluding tert-OH is 1. The summed E-state index contributed by atoms with van der Waals surface area (Å²) >= 11 is 0. The van der Waals surface area contributed by atoms with Gasteiger partial charge in [-0.3, -0.25) is 4.79 Å². The van der Waals surface area contributed by atoms with E-state index in [1.165, 1.54) is 0 Å². The number of carbonyl (C=O) groups is 1. The second-order valence-electron chi connectivity index (χ2n) is 4.83. The molecule has 4 nitrogen and oxygen atoms in total. The van der Waals surface area contributed by atoms with Crippen molar-refractivity contribution in [3.63, 3.8) is 0 Å². The highest BCUT2D eigenvalue weighted by atomic mass is 16.4. The third-order valence-corrected chi connectivity index (χ3v) is 2.88. The van der Waals surface area contributed by atoms with Crippen LogP contribution in [0, 0.1) is 0 Å². The molecule has 0 aliphatic carbocycles. The highest BCUT2D eigenvalue weighted by Gasteiger charge is 2.25. The van der Waals surface area contributed by atoms with E-state index in [0.29, 0.717) is 0 Å². The van der Waals surface area contributed by atoms with E-state index < -0.39 is 17.4 Å². The van der Waals surface area contributed by atoms with Crippen molar-refractivity contribution in [2.75, 3.05) is 6.61 Å². The molecule has 4 heteroatoms. The zero-order chi connectivity index (χ0) is 13.1. The predicted octanol–water partition coefficient (Wildman–Crippen LogP) is 1.43. The van der Waals surface area contributed by atoms with Crippen LogP contribution in [0.4, 0.5) is 0 Å². The Morgan fingerprint density at radius 1 is 1.41 bits per heavy atom. The molecule has 1 rings (SSSR count). The van der Waals surface area contributed by atoms with Crippen molar-refractivity contribution in [1.29, 1.82) is 0 Å². The van der Waals surface area contributed by atoms with Crippen molar-refractivity contribution in [3.8, 4) is 0 Å². The van der Waals surface area contributed by atoms with Gasteiger partial charge in [-0.05, 0) is 11.1 Å². The van der Waals surface area contributed by atoms with Crippen LogP contribution in [0.5, 0.6) is 0 Å². The molecule has 0 heterocycles. The topological polar surface area (TPSA) is 83.5 Å². The first-order chi connectivity index (χ1) is 7.88. The summed E-state index contributed by atoms with van der Waals surface area (Å²) in [4.78, 5) is 10.7. The van der Waals surface area contributed by atoms with Gasteiger partial charge in [0.1, 0.15) is 0 Å². The Morgan fingerprint density at radius 3 is 2.53 bits per heavy atom. The third kappa shape index (κ3) is 3.28. The van der Waals surface area contributed by atoms with Crippen LogP contribution >= 0.6 is 0 Å². The molecule has 0 spiro atoms. The molecule has 0 bridgehead atoms. The van der Waals surface area contributed by atoms with E-state index >= 15 is 0 Å². The maximum Gasteiger partial charge on any atom is 0.305 e. The number of hydrogen-bond donors (Lipinski definition) is 3. The number of benzene rings is 1. The number of aliphatic hydroxyl groups is 1. The SMILES string of the molecule is CC(C)(CO)c1ccccc1C(N)CC(=O)O. The van der Waals surface area contributed by atoms with Crippen LogP contribution in [0.1, 0.15) is 37.4 Å². The van der Waals surface area contributed by atoms with Gasteiger partial charge in [0.05, 0.1) is 13.0 Å². The van der Waals surface area contributed by atoms with Gasteiger partial charge in [0.25, 0.3) is 0 Å². The molecule has 0 fully saturated rings. The molecule has 0 aliphatic heterocycles. The molecular weight excluding hydrogens is 218 g/mol. The van der Waals surface area contributed by atoms with E-state index in [0.717, 1.165) is 11.1 Å². The molecule has 4 N–H and O–H groups in total. The van der Waals surface area contributed by atoms with Crippen LogP contribution in [0.25, 0.3) is 0 Å². The number of carboxylic acid groups (broad SMARTS) is 1. The number of nitrogens with two attached hydrogens (primary N) is 1. The zero-order valence-corrected chi connectivity index (χ0v) is 10.2. The molecule has 1 aromatic rings. The van der Waals surface area contributed by atoms with Crippen LogP contribution in [-0.4, -0.2) is 22.8 Å². The average Bonchev–Trinajstić information content (AvgIpc) is 2.28. The van der Waals surface area contributed by atoms with Gasteiger partial charge >= 0.3 is 5.97 Å². The van der Waals surface area contributed by atoms with E-state index in [1.807, 2.05) is 38.1 Å². The van der Waals surface area contributed by atoms with Crippen LogP contribution < -0.4 is 5.73 Å². The summed E-state index contributed by atoms with van der Waals surface area (Å²) in [6.07, 6.45) is -0.113. The zero-order valence-electron chi connectivity index (χ0n) is 10.2. The molecule has 0 amide bonds. The Kier molecular flexibility index (Phi) is 4.26. The van der Waals surface area contributed by atoms with E-state index in [2.05, 4.69) is 0 Å². The fourth-order valence-corrected chi connectivity index (χ4v) is 1.82. The van der Waals surface area contributed by atoms with E-state index in [-0.39, 0.29) is 13.0 Å². The van der Waals surface area contributed by atoms with E-state index in [9.17, 15) is 9.90 Å². The van der Waals surface area contributed by atoms with Crippen molar-refractivity contribution < 1.29 is 15.0 Å². The molecule has 1 unspecified atom stereocenters. The Balaban J connectivity index is 3.12. The third-order valence-electron chi connectivity index (χ3n) is 2.88. The minimum atomic E-state index is -0.922. The maximum absolute atomic E-state index is 10.7. The molecule has 17 heavy (non-hydrogen) atoms. The van der Waals surface area contributed by atoms with Gasteiger partial charge < -0.3 is 15.9 Å². The Bertz CT molecular complexity index is 401. The van der Waals surface area contributed by atoms with Crippen molar-refractivity contribution in [2.45, 2.75) is 31.7 Å². The lowest BCUT2D eigenvalue weighted by Gasteiger charge is -2.27. The largest absolute Gasteiger partial charge is 0.481 e. The van der Waals surface area contributed by atoms with Gasteiger partial charge in [-0.25, -0.2) is 0 Å². The van der Waals surface area contributed by atoms with Crippen LogP contribution in [0.2, 0.25) is 0 Å². The summed E-state index contributed by atoms with van der Waals surface area (Å²) in [5.41, 5.74) is 7.15. The predicted molar refractivity (Wildman–Crippen MR) is 65.7 cm³/mol. The number of carboxylic acids is 1. The monoisotopic (exact) mass is 237 g/mol. The highest BCUT2D eigenvalue weighted by Crippen LogP contribution is 2.29. The van der Waals surface area contributed by atoms with Crippen molar-refractivity contribution in [3.05, 3.63) is 35.4 Å². The van der Waals surface area contributed by atoms with Gasteiger partial charge in [0, 0.05) is 11.5 Å². The highest BCUT2D eigenvalue weighted by molar-refractivity contribution is 5.68. The second kappa shape index (κ2) is 5.29. The fourth-order valence-electron chi connectivity index (χ4n) is 1.82. The Morgan fingerprint density at radius 2 is 2.00 bits per heavy atom. The summed E-state index contributed by atoms with van der Waals surface area (Å²) < 4.78 is 0. The van der Waals surface area contributed by atoms with Crippen molar-refractivity contribution in [1.82, 2.24) is 0 Å². The van der Waals surface area contributed by atoms with Gasteiger partial charge in [0.15, 0.2) is 0 Å². The molecule has 0 radical (unpaired) electrons. The minimum Gasteiger partial charge on any atom is -0.481 e. The van der Waals surface area contributed by atoms with Gasteiger partial charge in [0.2, 0.25) is 0 Å². The first-order valence-electron chi connectivity index (χ1n) is 5.56. The standard InChI is InChI=1S/C13H19NO3/c1-13(2,8-15)10-6-4-3-5-9(10)11(14)7-12(16)17/h3-6,11,15H,7-8,14H2,1-2H3,(H,16,17). The summed E-state index contributed by atoms with van der Waals surface area (Å²) in [6.45, 7) is 3.79. The van der Waals surface area contributed by atoms with Gasteiger partial charge in [-0.15, -0.1) is 0 Å². The molecule has 0 aromatic heterocycles. The number of aliphatic carboxylic acids is 1. The molecular formula is C13H19NO3. The first-order valence-corrected chi connectivity index (χ1v) is 5.56. The molecule has 0 saturated carbocycles. The van der Waals surface area contributed by atoms with Crippen molar-refractivity contribution >= 4 is 5.97 Å².